The number of fused-ring (bicyclic) bond motifs is 2. The molecule has 0 saturated carbocycles. The summed E-state index contributed by atoms with van der Waals surface area (Å²) < 4.78 is 40.6. The highest BCUT2D eigenvalue weighted by atomic mass is 35.5. The Bertz CT molecular complexity index is 801. The molecule has 3 aromatic rings. The van der Waals surface area contributed by atoms with E-state index in [0.717, 1.165) is 0 Å². The van der Waals surface area contributed by atoms with E-state index in [2.05, 4.69) is 9.72 Å². The van der Waals surface area contributed by atoms with Crippen molar-refractivity contribution in [3.63, 3.8) is 0 Å². The standard InChI is InChI=1S/C14H7ClF3NO/c15-13-9-3-1-2-4-11(9)19-12-6-5-8(7-10(12)13)20-14(16,17)18/h1-7H. The van der Waals surface area contributed by atoms with Gasteiger partial charge in [0.25, 0.3) is 0 Å². The van der Waals surface area contributed by atoms with Crippen LogP contribution in [0, 0.1) is 0 Å². The Balaban J connectivity index is 2.23. The first-order chi connectivity index (χ1) is 9.44. The smallest absolute Gasteiger partial charge is 0.406 e. The van der Waals surface area contributed by atoms with Gasteiger partial charge in [-0.05, 0) is 24.3 Å². The molecule has 2 aromatic carbocycles. The Morgan fingerprint density at radius 1 is 0.950 bits per heavy atom. The average Bonchev–Trinajstić information content (AvgIpc) is 2.38. The minimum atomic E-state index is -4.73. The third-order valence-electron chi connectivity index (χ3n) is 2.82. The van der Waals surface area contributed by atoms with E-state index < -0.39 is 6.36 Å². The molecule has 2 nitrogen and oxygen atoms in total. The quantitative estimate of drug-likeness (QED) is 0.594. The molecule has 0 aliphatic rings. The second kappa shape index (κ2) is 4.52. The predicted octanol–water partition coefficient (Wildman–Crippen LogP) is 4.94. The minimum absolute atomic E-state index is 0.316. The van der Waals surface area contributed by atoms with Crippen molar-refractivity contribution in [3.05, 3.63) is 47.5 Å². The number of halogens is 4. The van der Waals surface area contributed by atoms with Gasteiger partial charge in [0.2, 0.25) is 0 Å². The number of nitrogens with zero attached hydrogens (tertiary/aromatic N) is 1. The molecule has 102 valence electrons. The van der Waals surface area contributed by atoms with Crippen LogP contribution in [0.25, 0.3) is 21.8 Å². The fourth-order valence-corrected chi connectivity index (χ4v) is 2.33. The molecule has 0 fully saturated rings. The lowest BCUT2D eigenvalue weighted by Gasteiger charge is -2.10. The van der Waals surface area contributed by atoms with Crippen LogP contribution in [0.3, 0.4) is 0 Å². The minimum Gasteiger partial charge on any atom is -0.406 e. The number of hydrogen-bond donors (Lipinski definition) is 0. The summed E-state index contributed by atoms with van der Waals surface area (Å²) in [4.78, 5) is 4.35. The Morgan fingerprint density at radius 3 is 2.40 bits per heavy atom. The van der Waals surface area contributed by atoms with Crippen molar-refractivity contribution in [1.29, 1.82) is 0 Å². The van der Waals surface area contributed by atoms with Crippen LogP contribution in [0.15, 0.2) is 42.5 Å². The summed E-state index contributed by atoms with van der Waals surface area (Å²) in [7, 11) is 0. The summed E-state index contributed by atoms with van der Waals surface area (Å²) in [6.07, 6.45) is -4.73. The molecule has 6 heteroatoms. The molecular formula is C14H7ClF3NO. The van der Waals surface area contributed by atoms with Gasteiger partial charge in [-0.1, -0.05) is 29.8 Å². The lowest BCUT2D eigenvalue weighted by Crippen LogP contribution is -2.17. The third-order valence-corrected chi connectivity index (χ3v) is 3.23. The summed E-state index contributed by atoms with van der Waals surface area (Å²) >= 11 is 6.24. The molecule has 0 saturated heterocycles. The maximum atomic E-state index is 12.2. The van der Waals surface area contributed by atoms with Gasteiger partial charge in [-0.3, -0.25) is 0 Å². The van der Waals surface area contributed by atoms with Gasteiger partial charge in [0, 0.05) is 10.8 Å². The Morgan fingerprint density at radius 2 is 1.65 bits per heavy atom. The highest BCUT2D eigenvalue weighted by Crippen LogP contribution is 2.33. The van der Waals surface area contributed by atoms with E-state index in [1.165, 1.54) is 18.2 Å². The van der Waals surface area contributed by atoms with E-state index in [0.29, 0.717) is 26.8 Å². The number of ether oxygens (including phenoxy) is 1. The second-order valence-electron chi connectivity index (χ2n) is 4.17. The van der Waals surface area contributed by atoms with Gasteiger partial charge >= 0.3 is 6.36 Å². The fraction of sp³-hybridized carbons (Fsp3) is 0.0714. The zero-order valence-corrected chi connectivity index (χ0v) is 10.7. The lowest BCUT2D eigenvalue weighted by atomic mass is 10.1. The maximum Gasteiger partial charge on any atom is 0.573 e. The van der Waals surface area contributed by atoms with Crippen LogP contribution in [0.1, 0.15) is 0 Å². The average molecular weight is 298 g/mol. The summed E-state index contributed by atoms with van der Waals surface area (Å²) in [5.74, 6) is -0.316. The van der Waals surface area contributed by atoms with Gasteiger partial charge in [-0.25, -0.2) is 4.98 Å². The summed E-state index contributed by atoms with van der Waals surface area (Å²) in [6, 6.07) is 11.1. The lowest BCUT2D eigenvalue weighted by molar-refractivity contribution is -0.274. The molecule has 3 rings (SSSR count). The van der Waals surface area contributed by atoms with Crippen molar-refractivity contribution < 1.29 is 17.9 Å². The van der Waals surface area contributed by atoms with Crippen molar-refractivity contribution in [2.24, 2.45) is 0 Å². The maximum absolute atomic E-state index is 12.2. The number of para-hydroxylation sites is 1. The second-order valence-corrected chi connectivity index (χ2v) is 4.55. The van der Waals surface area contributed by atoms with Crippen LogP contribution in [0.2, 0.25) is 5.02 Å². The number of aromatic nitrogens is 1. The first-order valence-corrected chi connectivity index (χ1v) is 6.05. The molecule has 0 amide bonds. The molecule has 0 spiro atoms. The largest absolute Gasteiger partial charge is 0.573 e. The van der Waals surface area contributed by atoms with Crippen molar-refractivity contribution in [1.82, 2.24) is 4.98 Å². The van der Waals surface area contributed by atoms with Crippen LogP contribution in [-0.2, 0) is 0 Å². The van der Waals surface area contributed by atoms with E-state index in [-0.39, 0.29) is 5.75 Å². The zero-order chi connectivity index (χ0) is 14.3. The van der Waals surface area contributed by atoms with E-state index in [1.807, 2.05) is 6.07 Å². The molecule has 1 aromatic heterocycles. The van der Waals surface area contributed by atoms with Crippen molar-refractivity contribution in [2.75, 3.05) is 0 Å². The van der Waals surface area contributed by atoms with E-state index in [4.69, 9.17) is 11.6 Å². The van der Waals surface area contributed by atoms with Gasteiger partial charge in [0.1, 0.15) is 5.75 Å². The van der Waals surface area contributed by atoms with Gasteiger partial charge in [-0.15, -0.1) is 13.2 Å². The number of rotatable bonds is 1. The van der Waals surface area contributed by atoms with Crippen LogP contribution in [0.5, 0.6) is 5.75 Å². The fourth-order valence-electron chi connectivity index (χ4n) is 2.02. The third kappa shape index (κ3) is 2.36. The molecule has 0 atom stereocenters. The summed E-state index contributed by atoms with van der Waals surface area (Å²) in [6.45, 7) is 0. The Kier molecular flexibility index (Phi) is 2.94. The number of benzene rings is 2. The Hall–Kier alpha value is -2.01. The molecule has 0 unspecified atom stereocenters. The van der Waals surface area contributed by atoms with Crippen LogP contribution < -0.4 is 4.74 Å². The van der Waals surface area contributed by atoms with Crippen molar-refractivity contribution in [3.8, 4) is 5.75 Å². The number of alkyl halides is 3. The highest BCUT2D eigenvalue weighted by molar-refractivity contribution is 6.40. The molecule has 0 N–H and O–H groups in total. The molecule has 0 bridgehead atoms. The van der Waals surface area contributed by atoms with Crippen molar-refractivity contribution >= 4 is 33.4 Å². The normalized spacial score (nSPS) is 12.0. The molecule has 0 radical (unpaired) electrons. The van der Waals surface area contributed by atoms with Gasteiger partial charge in [0.05, 0.1) is 16.1 Å². The van der Waals surface area contributed by atoms with E-state index >= 15 is 0 Å². The number of hydrogen-bond acceptors (Lipinski definition) is 2. The summed E-state index contributed by atoms with van der Waals surface area (Å²) in [5.41, 5.74) is 1.21. The van der Waals surface area contributed by atoms with E-state index in [1.54, 1.807) is 18.2 Å². The molecular weight excluding hydrogens is 291 g/mol. The van der Waals surface area contributed by atoms with Crippen LogP contribution in [-0.4, -0.2) is 11.3 Å². The topological polar surface area (TPSA) is 22.1 Å². The van der Waals surface area contributed by atoms with Gasteiger partial charge < -0.3 is 4.74 Å². The Labute approximate surface area is 116 Å². The first-order valence-electron chi connectivity index (χ1n) is 5.68. The van der Waals surface area contributed by atoms with Crippen molar-refractivity contribution in [2.45, 2.75) is 6.36 Å². The molecule has 1 heterocycles. The van der Waals surface area contributed by atoms with Gasteiger partial charge in [-0.2, -0.15) is 0 Å². The molecule has 20 heavy (non-hydrogen) atoms. The van der Waals surface area contributed by atoms with E-state index in [9.17, 15) is 13.2 Å². The monoisotopic (exact) mass is 297 g/mol. The highest BCUT2D eigenvalue weighted by Gasteiger charge is 2.31. The predicted molar refractivity (Wildman–Crippen MR) is 70.9 cm³/mol. The SMILES string of the molecule is FC(F)(F)Oc1ccc2nc3ccccc3c(Cl)c2c1. The summed E-state index contributed by atoms with van der Waals surface area (Å²) in [5, 5.41) is 1.47. The number of pyridine rings is 1. The molecule has 0 aliphatic carbocycles. The first kappa shape index (κ1) is 13.0. The zero-order valence-electron chi connectivity index (χ0n) is 9.91. The van der Waals surface area contributed by atoms with Gasteiger partial charge in [0.15, 0.2) is 0 Å². The van der Waals surface area contributed by atoms with Crippen LogP contribution in [0.4, 0.5) is 13.2 Å². The van der Waals surface area contributed by atoms with Crippen LogP contribution >= 0.6 is 11.6 Å². The molecule has 0 aliphatic heterocycles.